The Morgan fingerprint density at radius 1 is 1.17 bits per heavy atom. The van der Waals surface area contributed by atoms with Gasteiger partial charge in [-0.15, -0.1) is 0 Å². The number of aromatic nitrogens is 3. The Labute approximate surface area is 206 Å². The molecule has 1 amide bonds. The average Bonchev–Trinajstić information content (AvgIpc) is 3.35. The van der Waals surface area contributed by atoms with E-state index in [9.17, 15) is 4.79 Å². The second-order valence-corrected chi connectivity index (χ2v) is 9.73. The molecule has 0 aliphatic carbocycles. The van der Waals surface area contributed by atoms with Crippen molar-refractivity contribution in [2.24, 2.45) is 0 Å². The fraction of sp³-hybridized carbons (Fsp3) is 0.407. The number of rotatable bonds is 5. The molecule has 8 heteroatoms. The van der Waals surface area contributed by atoms with E-state index in [1.807, 2.05) is 40.1 Å². The minimum atomic E-state index is -0.351. The molecule has 1 aliphatic heterocycles. The minimum absolute atomic E-state index is 0.0515. The van der Waals surface area contributed by atoms with Crippen molar-refractivity contribution in [3.8, 4) is 23.1 Å². The van der Waals surface area contributed by atoms with Crippen molar-refractivity contribution in [2.75, 3.05) is 31.1 Å². The summed E-state index contributed by atoms with van der Waals surface area (Å²) in [5, 5.41) is 6.72. The lowest BCUT2D eigenvalue weighted by atomic mass is 9.97. The Balaban J connectivity index is 1.46. The number of hydrogen-bond acceptors (Lipinski definition) is 7. The SMILES string of the molecule is CC#CN1CCN(c2cnccc2-c2ccc(CNC(=O)c3noc(C(C)(C)C)n3)c(C)c2)CC1. The molecule has 1 aliphatic rings. The van der Waals surface area contributed by atoms with E-state index in [2.05, 4.69) is 73.4 Å². The number of nitrogens with zero attached hydrogens (tertiary/aromatic N) is 5. The fourth-order valence-corrected chi connectivity index (χ4v) is 4.04. The summed E-state index contributed by atoms with van der Waals surface area (Å²) in [4.78, 5) is 25.7. The highest BCUT2D eigenvalue weighted by Gasteiger charge is 2.24. The standard InChI is InChI=1S/C27H32N6O2/c1-6-11-32-12-14-33(15-13-32)23-18-28-10-9-22(23)20-7-8-21(19(2)16-20)17-29-25(34)24-30-26(35-31-24)27(3,4)5/h7-10,16,18H,12-15,17H2,1-5H3,(H,29,34). The second-order valence-electron chi connectivity index (χ2n) is 9.73. The number of benzene rings is 1. The molecule has 3 aromatic rings. The summed E-state index contributed by atoms with van der Waals surface area (Å²) in [7, 11) is 0. The van der Waals surface area contributed by atoms with E-state index in [-0.39, 0.29) is 17.1 Å². The van der Waals surface area contributed by atoms with Gasteiger partial charge in [-0.1, -0.05) is 50.0 Å². The van der Waals surface area contributed by atoms with Crippen LogP contribution in [0.15, 0.2) is 41.2 Å². The number of aryl methyl sites for hydroxylation is 1. The van der Waals surface area contributed by atoms with Gasteiger partial charge in [0.25, 0.3) is 11.7 Å². The molecule has 1 saturated heterocycles. The summed E-state index contributed by atoms with van der Waals surface area (Å²) >= 11 is 0. The lowest BCUT2D eigenvalue weighted by Crippen LogP contribution is -2.44. The maximum absolute atomic E-state index is 12.5. The van der Waals surface area contributed by atoms with Gasteiger partial charge in [-0.3, -0.25) is 9.78 Å². The zero-order chi connectivity index (χ0) is 25.0. The van der Waals surface area contributed by atoms with Gasteiger partial charge in [-0.05, 0) is 36.6 Å². The molecule has 0 atom stereocenters. The first-order valence-electron chi connectivity index (χ1n) is 11.8. The van der Waals surface area contributed by atoms with Crippen LogP contribution in [0.4, 0.5) is 5.69 Å². The number of carbonyl (C=O) groups excluding carboxylic acids is 1. The molecule has 1 aromatic carbocycles. The highest BCUT2D eigenvalue weighted by atomic mass is 16.5. The summed E-state index contributed by atoms with van der Waals surface area (Å²) in [5.74, 6) is 3.12. The summed E-state index contributed by atoms with van der Waals surface area (Å²) in [6, 6.07) is 11.5. The number of pyridine rings is 1. The smallest absolute Gasteiger partial charge is 0.292 e. The maximum atomic E-state index is 12.5. The van der Waals surface area contributed by atoms with Gasteiger partial charge in [0, 0.05) is 55.9 Å². The largest absolute Gasteiger partial charge is 0.366 e. The number of hydrogen-bond donors (Lipinski definition) is 1. The molecule has 0 bridgehead atoms. The van der Waals surface area contributed by atoms with E-state index in [1.54, 1.807) is 0 Å². The van der Waals surface area contributed by atoms with Gasteiger partial charge in [0.2, 0.25) is 5.89 Å². The Bertz CT molecular complexity index is 1260. The average molecular weight is 473 g/mol. The third-order valence-corrected chi connectivity index (χ3v) is 6.05. The van der Waals surface area contributed by atoms with Crippen LogP contribution < -0.4 is 10.2 Å². The fourth-order valence-electron chi connectivity index (χ4n) is 4.04. The van der Waals surface area contributed by atoms with Crippen molar-refractivity contribution < 1.29 is 9.32 Å². The van der Waals surface area contributed by atoms with Gasteiger partial charge in [-0.25, -0.2) is 0 Å². The van der Waals surface area contributed by atoms with Crippen LogP contribution in [-0.2, 0) is 12.0 Å². The summed E-state index contributed by atoms with van der Waals surface area (Å²) < 4.78 is 5.23. The molecule has 182 valence electrons. The number of anilines is 1. The van der Waals surface area contributed by atoms with Crippen LogP contribution in [0.2, 0.25) is 0 Å². The normalized spacial score (nSPS) is 13.9. The lowest BCUT2D eigenvalue weighted by molar-refractivity contribution is 0.0937. The first kappa shape index (κ1) is 24.3. The molecule has 8 nitrogen and oxygen atoms in total. The van der Waals surface area contributed by atoms with Crippen molar-refractivity contribution >= 4 is 11.6 Å². The highest BCUT2D eigenvalue weighted by molar-refractivity contribution is 5.90. The minimum Gasteiger partial charge on any atom is -0.366 e. The first-order valence-corrected chi connectivity index (χ1v) is 11.8. The first-order chi connectivity index (χ1) is 16.8. The summed E-state index contributed by atoms with van der Waals surface area (Å²) in [6.07, 6.45) is 3.77. The molecule has 0 spiro atoms. The molecule has 3 heterocycles. The van der Waals surface area contributed by atoms with Crippen LogP contribution in [0.25, 0.3) is 11.1 Å². The third kappa shape index (κ3) is 5.62. The monoisotopic (exact) mass is 472 g/mol. The molecular weight excluding hydrogens is 440 g/mol. The van der Waals surface area contributed by atoms with Gasteiger partial charge in [0.15, 0.2) is 0 Å². The van der Waals surface area contributed by atoms with E-state index in [1.165, 1.54) is 0 Å². The van der Waals surface area contributed by atoms with Crippen LogP contribution in [0, 0.1) is 18.9 Å². The number of carbonyl (C=O) groups is 1. The molecule has 1 fully saturated rings. The number of piperazine rings is 1. The van der Waals surface area contributed by atoms with Crippen LogP contribution in [0.5, 0.6) is 0 Å². The van der Waals surface area contributed by atoms with Gasteiger partial charge in [0.05, 0.1) is 11.9 Å². The van der Waals surface area contributed by atoms with Crippen LogP contribution in [-0.4, -0.2) is 52.1 Å². The van der Waals surface area contributed by atoms with Crippen molar-refractivity contribution in [1.82, 2.24) is 25.3 Å². The van der Waals surface area contributed by atoms with Gasteiger partial charge >= 0.3 is 0 Å². The van der Waals surface area contributed by atoms with Crippen molar-refractivity contribution in [3.05, 3.63) is 59.5 Å². The molecular formula is C27H32N6O2. The molecule has 0 radical (unpaired) electrons. The molecule has 0 saturated carbocycles. The Morgan fingerprint density at radius 2 is 1.94 bits per heavy atom. The Hall–Kier alpha value is -3.86. The molecule has 2 aromatic heterocycles. The number of amides is 1. The summed E-state index contributed by atoms with van der Waals surface area (Å²) in [6.45, 7) is 13.8. The molecule has 1 N–H and O–H groups in total. The second kappa shape index (κ2) is 10.2. The molecule has 4 rings (SSSR count). The van der Waals surface area contributed by atoms with Gasteiger partial charge < -0.3 is 19.6 Å². The zero-order valence-electron chi connectivity index (χ0n) is 21.1. The quantitative estimate of drug-likeness (QED) is 0.566. The summed E-state index contributed by atoms with van der Waals surface area (Å²) in [5.41, 5.74) is 5.22. The van der Waals surface area contributed by atoms with E-state index < -0.39 is 0 Å². The van der Waals surface area contributed by atoms with E-state index >= 15 is 0 Å². The predicted octanol–water partition coefficient (Wildman–Crippen LogP) is 3.77. The number of nitrogens with one attached hydrogen (secondary N) is 1. The van der Waals surface area contributed by atoms with E-state index in [0.29, 0.717) is 12.4 Å². The van der Waals surface area contributed by atoms with Crippen LogP contribution >= 0.6 is 0 Å². The van der Waals surface area contributed by atoms with Crippen molar-refractivity contribution in [2.45, 2.75) is 46.6 Å². The van der Waals surface area contributed by atoms with Crippen molar-refractivity contribution in [3.63, 3.8) is 0 Å². The highest BCUT2D eigenvalue weighted by Crippen LogP contribution is 2.32. The zero-order valence-corrected chi connectivity index (χ0v) is 21.1. The van der Waals surface area contributed by atoms with E-state index in [4.69, 9.17) is 4.52 Å². The van der Waals surface area contributed by atoms with Crippen LogP contribution in [0.3, 0.4) is 0 Å². The third-order valence-electron chi connectivity index (χ3n) is 6.05. The van der Waals surface area contributed by atoms with E-state index in [0.717, 1.165) is 54.1 Å². The maximum Gasteiger partial charge on any atom is 0.292 e. The Kier molecular flexibility index (Phi) is 7.06. The van der Waals surface area contributed by atoms with Crippen molar-refractivity contribution in [1.29, 1.82) is 0 Å². The van der Waals surface area contributed by atoms with Gasteiger partial charge in [0.1, 0.15) is 0 Å². The molecule has 35 heavy (non-hydrogen) atoms. The topological polar surface area (TPSA) is 87.4 Å². The molecule has 0 unspecified atom stereocenters. The lowest BCUT2D eigenvalue weighted by Gasteiger charge is -2.35. The van der Waals surface area contributed by atoms with Crippen LogP contribution in [0.1, 0.15) is 55.3 Å². The van der Waals surface area contributed by atoms with Gasteiger partial charge in [-0.2, -0.15) is 4.98 Å². The predicted molar refractivity (Wildman–Crippen MR) is 136 cm³/mol. The Morgan fingerprint density at radius 3 is 2.60 bits per heavy atom.